The van der Waals surface area contributed by atoms with Crippen LogP contribution in [0.2, 0.25) is 0 Å². The van der Waals surface area contributed by atoms with E-state index in [0.717, 1.165) is 37.4 Å². The van der Waals surface area contributed by atoms with Gasteiger partial charge in [-0.1, -0.05) is 30.6 Å². The molecule has 0 aliphatic carbocycles. The van der Waals surface area contributed by atoms with Gasteiger partial charge >= 0.3 is 6.01 Å². The highest BCUT2D eigenvalue weighted by Gasteiger charge is 2.38. The van der Waals surface area contributed by atoms with Crippen LogP contribution in [0.15, 0.2) is 28.7 Å². The first-order chi connectivity index (χ1) is 13.3. The quantitative estimate of drug-likeness (QED) is 0.835. The molecule has 27 heavy (non-hydrogen) atoms. The van der Waals surface area contributed by atoms with Crippen LogP contribution in [0.25, 0.3) is 11.5 Å². The van der Waals surface area contributed by atoms with Gasteiger partial charge in [-0.05, 0) is 44.5 Å². The molecule has 0 amide bonds. The molecule has 1 aromatic heterocycles. The van der Waals surface area contributed by atoms with Crippen LogP contribution >= 0.6 is 0 Å². The Bertz CT molecular complexity index is 744. The molecule has 0 bridgehead atoms. The zero-order valence-corrected chi connectivity index (χ0v) is 15.9. The first-order valence-corrected chi connectivity index (χ1v) is 9.99. The van der Waals surface area contributed by atoms with E-state index in [2.05, 4.69) is 22.0 Å². The maximum absolute atomic E-state index is 10.5. The Morgan fingerprint density at radius 2 is 1.96 bits per heavy atom. The number of aliphatic hydroxyl groups excluding tert-OH is 1. The molecule has 2 atom stereocenters. The van der Waals surface area contributed by atoms with Gasteiger partial charge in [0.2, 0.25) is 0 Å². The predicted octanol–water partition coefficient (Wildman–Crippen LogP) is 2.56. The predicted molar refractivity (Wildman–Crippen MR) is 103 cm³/mol. The fourth-order valence-corrected chi connectivity index (χ4v) is 3.97. The summed E-state index contributed by atoms with van der Waals surface area (Å²) in [6, 6.07) is 8.32. The number of piperidine rings is 1. The number of nitrogens with zero attached hydrogens (tertiary/aromatic N) is 4. The van der Waals surface area contributed by atoms with Gasteiger partial charge in [-0.2, -0.15) is 0 Å². The monoisotopic (exact) mass is 372 g/mol. The topological polar surface area (TPSA) is 74.9 Å². The molecule has 2 aliphatic heterocycles. The van der Waals surface area contributed by atoms with Crippen molar-refractivity contribution in [3.8, 4) is 17.2 Å². The van der Waals surface area contributed by atoms with Gasteiger partial charge in [0, 0.05) is 13.1 Å². The van der Waals surface area contributed by atoms with E-state index in [9.17, 15) is 5.11 Å². The van der Waals surface area contributed by atoms with E-state index in [1.165, 1.54) is 19.3 Å². The highest BCUT2D eigenvalue weighted by atomic mass is 16.5. The zero-order valence-electron chi connectivity index (χ0n) is 15.9. The van der Waals surface area contributed by atoms with Gasteiger partial charge in [0.1, 0.15) is 5.75 Å². The number of ether oxygens (including phenoxy) is 1. The van der Waals surface area contributed by atoms with Gasteiger partial charge < -0.3 is 19.2 Å². The number of aliphatic hydroxyl groups is 1. The first-order valence-electron chi connectivity index (χ1n) is 9.99. The maximum atomic E-state index is 10.5. The average Bonchev–Trinajstić information content (AvgIpc) is 3.34. The van der Waals surface area contributed by atoms with Gasteiger partial charge in [-0.15, -0.1) is 5.10 Å². The number of para-hydroxylation sites is 1. The highest BCUT2D eigenvalue weighted by molar-refractivity contribution is 5.62. The molecule has 0 spiro atoms. The van der Waals surface area contributed by atoms with E-state index in [-0.39, 0.29) is 6.04 Å². The summed E-state index contributed by atoms with van der Waals surface area (Å²) in [5.74, 6) is 1.20. The second-order valence-electron chi connectivity index (χ2n) is 7.37. The number of β-amino-alcohol motifs (C(OH)–C–C–N with tert-alkyl or cyclic N) is 1. The van der Waals surface area contributed by atoms with Gasteiger partial charge in [-0.25, -0.2) is 0 Å². The minimum absolute atomic E-state index is 0.140. The van der Waals surface area contributed by atoms with Crippen LogP contribution in [0.3, 0.4) is 0 Å². The van der Waals surface area contributed by atoms with Gasteiger partial charge in [0.05, 0.1) is 24.3 Å². The van der Waals surface area contributed by atoms with Crippen LogP contribution in [-0.2, 0) is 0 Å². The van der Waals surface area contributed by atoms with E-state index in [1.807, 2.05) is 29.2 Å². The summed E-state index contributed by atoms with van der Waals surface area (Å²) in [6.45, 7) is 6.09. The Morgan fingerprint density at radius 3 is 2.78 bits per heavy atom. The van der Waals surface area contributed by atoms with Crippen LogP contribution < -0.4 is 9.64 Å². The molecule has 2 aromatic rings. The minimum atomic E-state index is -0.390. The normalized spacial score (nSPS) is 23.7. The molecule has 7 nitrogen and oxygen atoms in total. The fraction of sp³-hybridized carbons (Fsp3) is 0.600. The number of hydrogen-bond acceptors (Lipinski definition) is 7. The van der Waals surface area contributed by atoms with Crippen molar-refractivity contribution in [2.75, 3.05) is 37.7 Å². The number of likely N-dealkylation sites (tertiary alicyclic amines) is 1. The maximum Gasteiger partial charge on any atom is 0.318 e. The van der Waals surface area contributed by atoms with E-state index in [1.54, 1.807) is 0 Å². The zero-order chi connectivity index (χ0) is 18.6. The van der Waals surface area contributed by atoms with Crippen LogP contribution in [0.4, 0.5) is 6.01 Å². The molecule has 146 valence electrons. The largest absolute Gasteiger partial charge is 0.493 e. The molecular weight excluding hydrogens is 344 g/mol. The third-order valence-corrected chi connectivity index (χ3v) is 5.38. The van der Waals surface area contributed by atoms with Gasteiger partial charge in [0.15, 0.2) is 0 Å². The summed E-state index contributed by atoms with van der Waals surface area (Å²) in [5.41, 5.74) is 0.803. The van der Waals surface area contributed by atoms with Crippen molar-refractivity contribution in [1.82, 2.24) is 15.1 Å². The SMILES string of the molecule is CCCOc1ccccc1-c1nnc(N2C[C@H](O)[C@@H](N3CCCCC3)C2)o1. The molecule has 0 saturated carbocycles. The fourth-order valence-electron chi connectivity index (χ4n) is 3.97. The summed E-state index contributed by atoms with van der Waals surface area (Å²) in [7, 11) is 0. The Labute approximate surface area is 159 Å². The molecule has 2 fully saturated rings. The van der Waals surface area contributed by atoms with Crippen molar-refractivity contribution in [1.29, 1.82) is 0 Å². The molecule has 2 aliphatic rings. The molecule has 4 rings (SSSR count). The van der Waals surface area contributed by atoms with Crippen LogP contribution in [-0.4, -0.2) is 65.1 Å². The van der Waals surface area contributed by atoms with E-state index in [0.29, 0.717) is 25.1 Å². The first kappa shape index (κ1) is 18.3. The summed E-state index contributed by atoms with van der Waals surface area (Å²) in [6.07, 6.45) is 4.26. The lowest BCUT2D eigenvalue weighted by Gasteiger charge is -2.33. The lowest BCUT2D eigenvalue weighted by molar-refractivity contribution is 0.0706. The van der Waals surface area contributed by atoms with Gasteiger partial charge in [-0.3, -0.25) is 4.90 Å². The second-order valence-corrected chi connectivity index (χ2v) is 7.37. The smallest absolute Gasteiger partial charge is 0.318 e. The standard InChI is InChI=1S/C20H28N4O3/c1-2-12-26-18-9-5-4-8-15(18)19-21-22-20(27-19)24-13-16(17(25)14-24)23-10-6-3-7-11-23/h4-5,8-9,16-17,25H,2-3,6-7,10-14H2,1H3/t16-,17-/m0/s1. The Morgan fingerprint density at radius 1 is 1.15 bits per heavy atom. The summed E-state index contributed by atoms with van der Waals surface area (Å²) in [5, 5.41) is 19.0. The molecule has 7 heteroatoms. The van der Waals surface area contributed by atoms with Crippen LogP contribution in [0.1, 0.15) is 32.6 Å². The summed E-state index contributed by atoms with van der Waals surface area (Å²) >= 11 is 0. The van der Waals surface area contributed by atoms with Crippen LogP contribution in [0.5, 0.6) is 5.75 Å². The van der Waals surface area contributed by atoms with E-state index in [4.69, 9.17) is 9.15 Å². The number of benzene rings is 1. The number of anilines is 1. The summed E-state index contributed by atoms with van der Waals surface area (Å²) < 4.78 is 11.8. The molecule has 1 aromatic carbocycles. The minimum Gasteiger partial charge on any atom is -0.493 e. The van der Waals surface area contributed by atoms with E-state index >= 15 is 0 Å². The number of rotatable bonds is 6. The van der Waals surface area contributed by atoms with Crippen molar-refractivity contribution >= 4 is 6.01 Å². The molecule has 3 heterocycles. The van der Waals surface area contributed by atoms with Crippen molar-refractivity contribution in [2.24, 2.45) is 0 Å². The van der Waals surface area contributed by atoms with Crippen molar-refractivity contribution in [3.63, 3.8) is 0 Å². The van der Waals surface area contributed by atoms with Crippen molar-refractivity contribution < 1.29 is 14.3 Å². The Balaban J connectivity index is 1.48. The Hall–Kier alpha value is -2.12. The molecule has 1 N–H and O–H groups in total. The molecule has 0 unspecified atom stereocenters. The molecule has 2 saturated heterocycles. The lowest BCUT2D eigenvalue weighted by atomic mass is 10.1. The van der Waals surface area contributed by atoms with Crippen LogP contribution in [0, 0.1) is 0 Å². The van der Waals surface area contributed by atoms with E-state index < -0.39 is 6.10 Å². The lowest BCUT2D eigenvalue weighted by Crippen LogP contribution is -2.45. The van der Waals surface area contributed by atoms with Crippen molar-refractivity contribution in [2.45, 2.75) is 44.8 Å². The number of aromatic nitrogens is 2. The third-order valence-electron chi connectivity index (χ3n) is 5.38. The molecular formula is C20H28N4O3. The summed E-state index contributed by atoms with van der Waals surface area (Å²) in [4.78, 5) is 4.40. The molecule has 0 radical (unpaired) electrons. The highest BCUT2D eigenvalue weighted by Crippen LogP contribution is 2.32. The van der Waals surface area contributed by atoms with Crippen molar-refractivity contribution in [3.05, 3.63) is 24.3 Å². The third kappa shape index (κ3) is 3.94. The Kier molecular flexibility index (Phi) is 5.59. The average molecular weight is 372 g/mol. The van der Waals surface area contributed by atoms with Gasteiger partial charge in [0.25, 0.3) is 5.89 Å². The second kappa shape index (κ2) is 8.27. The number of hydrogen-bond donors (Lipinski definition) is 1.